The largest absolute Gasteiger partial charge is 0.457 e. The first-order valence-electron chi connectivity index (χ1n) is 22.5. The van der Waals surface area contributed by atoms with Gasteiger partial charge in [0.25, 0.3) is 5.91 Å². The minimum atomic E-state index is -1.04. The van der Waals surface area contributed by atoms with Gasteiger partial charge in [-0.05, 0) is 86.7 Å². The van der Waals surface area contributed by atoms with Gasteiger partial charge in [0.2, 0.25) is 11.8 Å². The van der Waals surface area contributed by atoms with Crippen molar-refractivity contribution in [3.63, 3.8) is 0 Å². The molecule has 3 amide bonds. The van der Waals surface area contributed by atoms with Crippen LogP contribution in [0.1, 0.15) is 89.6 Å². The van der Waals surface area contributed by atoms with Gasteiger partial charge in [0.15, 0.2) is 5.78 Å². The molecule has 0 radical (unpaired) electrons. The van der Waals surface area contributed by atoms with Gasteiger partial charge in [-0.3, -0.25) is 24.1 Å². The van der Waals surface area contributed by atoms with Crippen LogP contribution in [0.4, 0.5) is 11.5 Å². The number of fused-ring (bicyclic) bond motifs is 2. The van der Waals surface area contributed by atoms with E-state index in [-0.39, 0.29) is 34.6 Å². The SMILES string of the molecule is O=C1CC[C@H](N2Cc3cc(N4CCN(CCCCCCC(=O)N5CCC(Nc6ncnc7[nH]cc(C(=O)c8ccc(Oc9ccccc9)cc8Cl)c67)CC5)CC4)ccc3C2=O)C(O)N1. The van der Waals surface area contributed by atoms with Gasteiger partial charge < -0.3 is 40.2 Å². The van der Waals surface area contributed by atoms with Crippen LogP contribution in [-0.2, 0) is 16.1 Å². The number of aliphatic hydroxyl groups excluding tert-OH is 1. The minimum absolute atomic E-state index is 0.0829. The summed E-state index contributed by atoms with van der Waals surface area (Å²) in [6.07, 6.45) is 9.03. The maximum atomic E-state index is 13.8. The van der Waals surface area contributed by atoms with E-state index in [4.69, 9.17) is 16.3 Å². The number of piperidine rings is 2. The smallest absolute Gasteiger partial charge is 0.254 e. The van der Waals surface area contributed by atoms with Crippen molar-refractivity contribution >= 4 is 57.6 Å². The number of rotatable bonds is 15. The first kappa shape index (κ1) is 43.2. The van der Waals surface area contributed by atoms with Gasteiger partial charge >= 0.3 is 0 Å². The number of ketones is 1. The predicted molar refractivity (Wildman–Crippen MR) is 244 cm³/mol. The summed E-state index contributed by atoms with van der Waals surface area (Å²) in [5, 5.41) is 17.4. The van der Waals surface area contributed by atoms with Crippen molar-refractivity contribution in [2.45, 2.75) is 82.6 Å². The standard InChI is InChI=1S/C48H54ClN9O6/c49-39-27-35(64-34-8-4-3-5-9-34)12-14-37(39)44(61)38-28-50-45-43(38)46(52-30-51-45)53-32-17-20-57(21-18-32)42(60)10-6-1-2-7-19-55-22-24-56(25-23-55)33-11-13-36-31(26-33)29-58(48(36)63)40-15-16-41(59)54-47(40)62/h3-5,8-9,11-14,26-28,30,32,40,47,62H,1-2,6-7,10,15-25,29H2,(H,54,59)(H2,50,51,52,53)/t40-,47?/m0/s1. The number of aromatic nitrogens is 3. The molecule has 9 rings (SSSR count). The second kappa shape index (κ2) is 19.4. The molecule has 4 aliphatic rings. The highest BCUT2D eigenvalue weighted by Crippen LogP contribution is 2.34. The van der Waals surface area contributed by atoms with E-state index in [9.17, 15) is 24.3 Å². The summed E-state index contributed by atoms with van der Waals surface area (Å²) in [6.45, 7) is 6.58. The van der Waals surface area contributed by atoms with Crippen LogP contribution in [0.2, 0.25) is 5.02 Å². The molecule has 5 aromatic rings. The van der Waals surface area contributed by atoms with Crippen LogP contribution in [0.15, 0.2) is 79.3 Å². The summed E-state index contributed by atoms with van der Waals surface area (Å²) in [7, 11) is 0. The zero-order valence-electron chi connectivity index (χ0n) is 35.8. The number of halogens is 1. The molecule has 334 valence electrons. The number of likely N-dealkylation sites (tertiary alicyclic amines) is 1. The predicted octanol–water partition coefficient (Wildman–Crippen LogP) is 6.36. The van der Waals surface area contributed by atoms with Crippen LogP contribution in [0, 0.1) is 0 Å². The summed E-state index contributed by atoms with van der Waals surface area (Å²) in [5.74, 6) is 1.46. The number of nitrogens with one attached hydrogen (secondary N) is 3. The number of carbonyl (C=O) groups excluding carboxylic acids is 4. The maximum Gasteiger partial charge on any atom is 0.254 e. The molecule has 0 aliphatic carbocycles. The molecule has 0 spiro atoms. The second-order valence-corrected chi connectivity index (χ2v) is 17.6. The molecule has 4 N–H and O–H groups in total. The van der Waals surface area contributed by atoms with E-state index in [0.717, 1.165) is 82.5 Å². The third-order valence-electron chi connectivity index (χ3n) is 13.1. The van der Waals surface area contributed by atoms with Gasteiger partial charge in [-0.15, -0.1) is 0 Å². The first-order chi connectivity index (χ1) is 31.2. The number of ether oxygens (including phenoxy) is 1. The summed E-state index contributed by atoms with van der Waals surface area (Å²) < 4.78 is 5.90. The molecule has 2 atom stereocenters. The molecule has 4 aliphatic heterocycles. The fourth-order valence-corrected chi connectivity index (χ4v) is 9.73. The number of para-hydroxylation sites is 1. The Hall–Kier alpha value is -6.03. The van der Waals surface area contributed by atoms with Crippen LogP contribution in [0.5, 0.6) is 11.5 Å². The second-order valence-electron chi connectivity index (χ2n) is 17.2. The number of H-pyrrole nitrogens is 1. The van der Waals surface area contributed by atoms with Crippen LogP contribution in [-0.4, -0.2) is 122 Å². The van der Waals surface area contributed by atoms with Gasteiger partial charge in [0, 0.05) is 93.8 Å². The van der Waals surface area contributed by atoms with Crippen molar-refractivity contribution in [1.29, 1.82) is 0 Å². The van der Waals surface area contributed by atoms with Gasteiger partial charge in [0.05, 0.1) is 22.0 Å². The Morgan fingerprint density at radius 1 is 0.859 bits per heavy atom. The summed E-state index contributed by atoms with van der Waals surface area (Å²) >= 11 is 6.62. The number of hydrogen-bond acceptors (Lipinski definition) is 11. The lowest BCUT2D eigenvalue weighted by atomic mass is 10.0. The van der Waals surface area contributed by atoms with Crippen molar-refractivity contribution in [1.82, 2.24) is 35.0 Å². The molecule has 1 unspecified atom stereocenters. The molecular weight excluding hydrogens is 834 g/mol. The Bertz CT molecular complexity index is 2500. The molecule has 3 fully saturated rings. The van der Waals surface area contributed by atoms with Crippen LogP contribution >= 0.6 is 11.6 Å². The normalized spacial score (nSPS) is 19.5. The van der Waals surface area contributed by atoms with Crippen molar-refractivity contribution in [3.8, 4) is 11.5 Å². The van der Waals surface area contributed by atoms with Crippen molar-refractivity contribution in [2.75, 3.05) is 56.0 Å². The molecule has 64 heavy (non-hydrogen) atoms. The molecule has 16 heteroatoms. The molecule has 6 heterocycles. The van der Waals surface area contributed by atoms with Crippen molar-refractivity contribution in [2.24, 2.45) is 0 Å². The lowest BCUT2D eigenvalue weighted by molar-refractivity contribution is -0.132. The number of unbranched alkanes of at least 4 members (excludes halogenated alkanes) is 3. The molecule has 2 aromatic heterocycles. The number of piperazine rings is 1. The molecule has 3 saturated heterocycles. The lowest BCUT2D eigenvalue weighted by Crippen LogP contribution is -2.55. The minimum Gasteiger partial charge on any atom is -0.457 e. The van der Waals surface area contributed by atoms with E-state index in [1.54, 1.807) is 29.3 Å². The average Bonchev–Trinajstić information content (AvgIpc) is 3.89. The number of carbonyl (C=O) groups is 4. The Morgan fingerprint density at radius 3 is 2.44 bits per heavy atom. The van der Waals surface area contributed by atoms with E-state index < -0.39 is 12.3 Å². The number of nitrogens with zero attached hydrogens (tertiary/aromatic N) is 6. The topological polar surface area (TPSA) is 176 Å². The summed E-state index contributed by atoms with van der Waals surface area (Å²) in [5.41, 5.74) is 4.07. The van der Waals surface area contributed by atoms with Crippen molar-refractivity contribution < 1.29 is 29.0 Å². The van der Waals surface area contributed by atoms with E-state index >= 15 is 0 Å². The number of amides is 3. The van der Waals surface area contributed by atoms with Crippen LogP contribution in [0.25, 0.3) is 11.0 Å². The van der Waals surface area contributed by atoms with Gasteiger partial charge in [0.1, 0.15) is 35.5 Å². The van der Waals surface area contributed by atoms with Crippen LogP contribution in [0.3, 0.4) is 0 Å². The zero-order valence-corrected chi connectivity index (χ0v) is 36.6. The Morgan fingerprint density at radius 2 is 1.66 bits per heavy atom. The highest BCUT2D eigenvalue weighted by atomic mass is 35.5. The Balaban J connectivity index is 0.676. The fourth-order valence-electron chi connectivity index (χ4n) is 9.47. The number of hydrogen-bond donors (Lipinski definition) is 4. The van der Waals surface area contributed by atoms with E-state index in [1.807, 2.05) is 47.4 Å². The van der Waals surface area contributed by atoms with Gasteiger partial charge in [-0.25, -0.2) is 9.97 Å². The Labute approximate surface area is 377 Å². The summed E-state index contributed by atoms with van der Waals surface area (Å²) in [6, 6.07) is 20.1. The van der Waals surface area contributed by atoms with E-state index in [0.29, 0.717) is 83.9 Å². The van der Waals surface area contributed by atoms with Crippen molar-refractivity contribution in [3.05, 3.63) is 107 Å². The van der Waals surface area contributed by atoms with Gasteiger partial charge in [-0.2, -0.15) is 0 Å². The average molecular weight is 888 g/mol. The third-order valence-corrected chi connectivity index (χ3v) is 13.4. The fraction of sp³-hybridized carbons (Fsp3) is 0.417. The monoisotopic (exact) mass is 887 g/mol. The van der Waals surface area contributed by atoms with E-state index in [2.05, 4.69) is 41.5 Å². The van der Waals surface area contributed by atoms with Gasteiger partial charge in [-0.1, -0.05) is 42.6 Å². The number of benzene rings is 3. The molecule has 0 saturated carbocycles. The van der Waals surface area contributed by atoms with Crippen LogP contribution < -0.4 is 20.3 Å². The summed E-state index contributed by atoms with van der Waals surface area (Å²) in [4.78, 5) is 72.4. The zero-order chi connectivity index (χ0) is 44.2. The molecule has 0 bridgehead atoms. The number of aromatic amines is 1. The van der Waals surface area contributed by atoms with E-state index in [1.165, 1.54) is 6.33 Å². The molecule has 15 nitrogen and oxygen atoms in total. The first-order valence-corrected chi connectivity index (χ1v) is 22.9. The Kier molecular flexibility index (Phi) is 13.1. The lowest BCUT2D eigenvalue weighted by Gasteiger charge is -2.36. The number of anilines is 2. The molecule has 3 aromatic carbocycles. The highest BCUT2D eigenvalue weighted by Gasteiger charge is 2.39. The molecular formula is C48H54ClN9O6. The third kappa shape index (κ3) is 9.57. The quantitative estimate of drug-likeness (QED) is 0.0680. The number of aliphatic hydroxyl groups is 1. The maximum absolute atomic E-state index is 13.8. The highest BCUT2D eigenvalue weighted by molar-refractivity contribution is 6.35.